The molecule has 0 unspecified atom stereocenters. The number of hydrogen-bond donors (Lipinski definition) is 1. The van der Waals surface area contributed by atoms with Crippen LogP contribution >= 0.6 is 0 Å². The van der Waals surface area contributed by atoms with Gasteiger partial charge in [-0.3, -0.25) is 0 Å². The Morgan fingerprint density at radius 2 is 1.95 bits per heavy atom. The molecule has 0 bridgehead atoms. The fraction of sp³-hybridized carbons (Fsp3) is 0.0769. The lowest BCUT2D eigenvalue weighted by molar-refractivity contribution is -0.137. The number of benzene rings is 1. The van der Waals surface area contributed by atoms with E-state index in [1.807, 2.05) is 0 Å². The molecule has 0 saturated heterocycles. The lowest BCUT2D eigenvalue weighted by atomic mass is 10.1. The van der Waals surface area contributed by atoms with Crippen molar-refractivity contribution in [2.45, 2.75) is 6.18 Å². The van der Waals surface area contributed by atoms with Gasteiger partial charge < -0.3 is 5.73 Å². The zero-order valence-electron chi connectivity index (χ0n) is 10.1. The van der Waals surface area contributed by atoms with E-state index < -0.39 is 11.7 Å². The summed E-state index contributed by atoms with van der Waals surface area (Å²) < 4.78 is 39.5. The molecule has 0 aliphatic rings. The molecule has 2 heterocycles. The van der Waals surface area contributed by atoms with Crippen molar-refractivity contribution in [2.75, 3.05) is 5.73 Å². The van der Waals surface area contributed by atoms with Crippen molar-refractivity contribution in [3.8, 4) is 11.3 Å². The average Bonchev–Trinajstić information content (AvgIpc) is 2.81. The molecule has 2 N–H and O–H groups in total. The molecular formula is C13H9F3N4. The van der Waals surface area contributed by atoms with Gasteiger partial charge in [0.05, 0.1) is 29.3 Å². The van der Waals surface area contributed by atoms with Crippen molar-refractivity contribution in [1.82, 2.24) is 14.6 Å². The van der Waals surface area contributed by atoms with Crippen LogP contribution in [0.3, 0.4) is 0 Å². The Kier molecular flexibility index (Phi) is 2.63. The fourth-order valence-electron chi connectivity index (χ4n) is 1.89. The molecule has 3 aromatic rings. The van der Waals surface area contributed by atoms with Gasteiger partial charge in [0, 0.05) is 11.6 Å². The lowest BCUT2D eigenvalue weighted by Crippen LogP contribution is -2.04. The highest BCUT2D eigenvalue weighted by atomic mass is 19.4. The fourth-order valence-corrected chi connectivity index (χ4v) is 1.89. The second-order valence-electron chi connectivity index (χ2n) is 4.30. The maximum absolute atomic E-state index is 12.7. The van der Waals surface area contributed by atoms with Crippen molar-refractivity contribution < 1.29 is 13.2 Å². The topological polar surface area (TPSA) is 56.2 Å². The standard InChI is InChI=1S/C13H9F3N4/c14-13(15,16)9-3-1-2-8(4-9)11-5-12-18-6-10(17)7-20(12)19-11/h1-7H,17H2. The number of halogens is 3. The molecule has 1 aromatic carbocycles. The van der Waals surface area contributed by atoms with E-state index in [2.05, 4.69) is 10.1 Å². The molecule has 2 aromatic heterocycles. The summed E-state index contributed by atoms with van der Waals surface area (Å²) in [5.41, 5.74) is 6.61. The van der Waals surface area contributed by atoms with Crippen LogP contribution < -0.4 is 5.73 Å². The Balaban J connectivity index is 2.11. The van der Waals surface area contributed by atoms with Gasteiger partial charge >= 0.3 is 6.18 Å². The first-order chi connectivity index (χ1) is 9.43. The third kappa shape index (κ3) is 2.18. The first-order valence-corrected chi connectivity index (χ1v) is 5.72. The molecule has 3 rings (SSSR count). The molecule has 7 heteroatoms. The minimum absolute atomic E-state index is 0.379. The van der Waals surface area contributed by atoms with Crippen molar-refractivity contribution in [3.63, 3.8) is 0 Å². The summed E-state index contributed by atoms with van der Waals surface area (Å²) in [5, 5.41) is 4.17. The number of anilines is 1. The van der Waals surface area contributed by atoms with E-state index in [0.717, 1.165) is 12.1 Å². The molecule has 0 radical (unpaired) electrons. The van der Waals surface area contributed by atoms with E-state index in [0.29, 0.717) is 22.6 Å². The minimum Gasteiger partial charge on any atom is -0.396 e. The van der Waals surface area contributed by atoms with E-state index in [9.17, 15) is 13.2 Å². The van der Waals surface area contributed by atoms with Gasteiger partial charge in [-0.15, -0.1) is 0 Å². The Morgan fingerprint density at radius 3 is 2.70 bits per heavy atom. The van der Waals surface area contributed by atoms with Gasteiger partial charge in [-0.1, -0.05) is 12.1 Å². The lowest BCUT2D eigenvalue weighted by Gasteiger charge is -2.07. The van der Waals surface area contributed by atoms with E-state index in [4.69, 9.17) is 5.73 Å². The van der Waals surface area contributed by atoms with Gasteiger partial charge in [0.25, 0.3) is 0 Å². The van der Waals surface area contributed by atoms with Crippen LogP contribution in [0, 0.1) is 0 Å². The van der Waals surface area contributed by atoms with Gasteiger partial charge in [-0.05, 0) is 12.1 Å². The summed E-state index contributed by atoms with van der Waals surface area (Å²) in [6.45, 7) is 0. The average molecular weight is 278 g/mol. The molecular weight excluding hydrogens is 269 g/mol. The zero-order valence-corrected chi connectivity index (χ0v) is 10.1. The van der Waals surface area contributed by atoms with E-state index in [-0.39, 0.29) is 0 Å². The van der Waals surface area contributed by atoms with Crippen LogP contribution in [0.15, 0.2) is 42.7 Å². The second-order valence-corrected chi connectivity index (χ2v) is 4.30. The summed E-state index contributed by atoms with van der Waals surface area (Å²) in [7, 11) is 0. The number of aromatic nitrogens is 3. The normalized spacial score (nSPS) is 11.9. The zero-order chi connectivity index (χ0) is 14.3. The van der Waals surface area contributed by atoms with Crippen LogP contribution in [0.5, 0.6) is 0 Å². The Morgan fingerprint density at radius 1 is 1.15 bits per heavy atom. The second kappa shape index (κ2) is 4.22. The highest BCUT2D eigenvalue weighted by molar-refractivity contribution is 5.65. The summed E-state index contributed by atoms with van der Waals surface area (Å²) in [6, 6.07) is 6.61. The van der Waals surface area contributed by atoms with E-state index >= 15 is 0 Å². The Bertz CT molecular complexity index is 777. The molecule has 0 aliphatic heterocycles. The molecule has 102 valence electrons. The molecule has 0 atom stereocenters. The summed E-state index contributed by atoms with van der Waals surface area (Å²) in [5.74, 6) is 0. The number of fused-ring (bicyclic) bond motifs is 1. The third-order valence-electron chi connectivity index (χ3n) is 2.82. The van der Waals surface area contributed by atoms with Crippen LogP contribution in [0.2, 0.25) is 0 Å². The number of nitrogen functional groups attached to an aromatic ring is 1. The predicted molar refractivity (Wildman–Crippen MR) is 67.8 cm³/mol. The smallest absolute Gasteiger partial charge is 0.396 e. The van der Waals surface area contributed by atoms with Gasteiger partial charge in [0.15, 0.2) is 5.65 Å². The first-order valence-electron chi connectivity index (χ1n) is 5.72. The number of nitrogens with two attached hydrogens (primary N) is 1. The van der Waals surface area contributed by atoms with Crippen molar-refractivity contribution in [1.29, 1.82) is 0 Å². The Hall–Kier alpha value is -2.57. The SMILES string of the molecule is Nc1cnc2cc(-c3cccc(C(F)(F)F)c3)nn2c1. The molecule has 20 heavy (non-hydrogen) atoms. The van der Waals surface area contributed by atoms with Crippen LogP contribution in [-0.2, 0) is 6.18 Å². The predicted octanol–water partition coefficient (Wildman–Crippen LogP) is 3.00. The van der Waals surface area contributed by atoms with Crippen LogP contribution in [-0.4, -0.2) is 14.6 Å². The number of rotatable bonds is 1. The van der Waals surface area contributed by atoms with Gasteiger partial charge in [-0.2, -0.15) is 18.3 Å². The van der Waals surface area contributed by atoms with Crippen molar-refractivity contribution in [3.05, 3.63) is 48.3 Å². The number of nitrogens with zero attached hydrogens (tertiary/aromatic N) is 3. The maximum atomic E-state index is 12.7. The van der Waals surface area contributed by atoms with Crippen molar-refractivity contribution >= 4 is 11.3 Å². The van der Waals surface area contributed by atoms with Gasteiger partial charge in [0.2, 0.25) is 0 Å². The third-order valence-corrected chi connectivity index (χ3v) is 2.82. The van der Waals surface area contributed by atoms with Crippen LogP contribution in [0.25, 0.3) is 16.9 Å². The maximum Gasteiger partial charge on any atom is 0.416 e. The highest BCUT2D eigenvalue weighted by Crippen LogP contribution is 2.31. The van der Waals surface area contributed by atoms with Gasteiger partial charge in [-0.25, -0.2) is 9.50 Å². The number of alkyl halides is 3. The Labute approximate surface area is 111 Å². The summed E-state index contributed by atoms with van der Waals surface area (Å²) in [4.78, 5) is 4.05. The minimum atomic E-state index is -4.38. The van der Waals surface area contributed by atoms with Crippen LogP contribution in [0.1, 0.15) is 5.56 Å². The van der Waals surface area contributed by atoms with Crippen molar-refractivity contribution in [2.24, 2.45) is 0 Å². The molecule has 0 aliphatic carbocycles. The molecule has 0 spiro atoms. The molecule has 0 fully saturated rings. The highest BCUT2D eigenvalue weighted by Gasteiger charge is 2.30. The van der Waals surface area contributed by atoms with Gasteiger partial charge in [0.1, 0.15) is 0 Å². The van der Waals surface area contributed by atoms with Crippen LogP contribution in [0.4, 0.5) is 18.9 Å². The number of hydrogen-bond acceptors (Lipinski definition) is 3. The first kappa shape index (κ1) is 12.5. The molecule has 0 amide bonds. The largest absolute Gasteiger partial charge is 0.416 e. The molecule has 4 nitrogen and oxygen atoms in total. The van der Waals surface area contributed by atoms with E-state index in [1.54, 1.807) is 18.3 Å². The summed E-state index contributed by atoms with van der Waals surface area (Å²) in [6.07, 6.45) is -1.36. The molecule has 0 saturated carbocycles. The summed E-state index contributed by atoms with van der Waals surface area (Å²) >= 11 is 0. The van der Waals surface area contributed by atoms with E-state index in [1.165, 1.54) is 16.8 Å². The monoisotopic (exact) mass is 278 g/mol. The quantitative estimate of drug-likeness (QED) is 0.744.